The lowest BCUT2D eigenvalue weighted by Crippen LogP contribution is -2.22. The molecule has 1 heterocycles. The molecule has 0 aliphatic carbocycles. The van der Waals surface area contributed by atoms with Crippen molar-refractivity contribution in [1.82, 2.24) is 4.98 Å². The van der Waals surface area contributed by atoms with E-state index in [0.29, 0.717) is 13.1 Å². The summed E-state index contributed by atoms with van der Waals surface area (Å²) in [7, 11) is 1.89. The van der Waals surface area contributed by atoms with Gasteiger partial charge in [0.25, 0.3) is 0 Å². The van der Waals surface area contributed by atoms with E-state index in [1.54, 1.807) is 6.20 Å². The van der Waals surface area contributed by atoms with Crippen LogP contribution in [0, 0.1) is 0 Å². The molecule has 4 heteroatoms. The Kier molecular flexibility index (Phi) is 3.67. The van der Waals surface area contributed by atoms with E-state index in [0.717, 1.165) is 11.4 Å². The zero-order chi connectivity index (χ0) is 9.68. The third-order valence-corrected chi connectivity index (χ3v) is 1.87. The molecule has 0 bridgehead atoms. The molecule has 0 amide bonds. The predicted octanol–water partition coefficient (Wildman–Crippen LogP) is -0.0312. The number of anilines is 1. The van der Waals surface area contributed by atoms with Gasteiger partial charge >= 0.3 is 0 Å². The van der Waals surface area contributed by atoms with Crippen molar-refractivity contribution < 1.29 is 5.11 Å². The molecule has 0 unspecified atom stereocenters. The quantitative estimate of drug-likeness (QED) is 0.684. The predicted molar refractivity (Wildman–Crippen MR) is 52.5 cm³/mol. The molecule has 0 atom stereocenters. The van der Waals surface area contributed by atoms with Crippen molar-refractivity contribution in [2.45, 2.75) is 6.54 Å². The normalized spacial score (nSPS) is 10.1. The third kappa shape index (κ3) is 2.68. The molecule has 0 fully saturated rings. The highest BCUT2D eigenvalue weighted by Crippen LogP contribution is 2.09. The second kappa shape index (κ2) is 4.79. The first-order valence-corrected chi connectivity index (χ1v) is 4.25. The molecule has 3 N–H and O–H groups in total. The van der Waals surface area contributed by atoms with E-state index < -0.39 is 0 Å². The molecule has 0 radical (unpaired) electrons. The van der Waals surface area contributed by atoms with Gasteiger partial charge in [0.2, 0.25) is 0 Å². The number of aliphatic hydroxyl groups excluding tert-OH is 1. The third-order valence-electron chi connectivity index (χ3n) is 1.87. The molecule has 1 aromatic rings. The first-order chi connectivity index (χ1) is 6.27. The molecule has 1 aromatic heterocycles. The van der Waals surface area contributed by atoms with E-state index in [1.807, 2.05) is 24.1 Å². The molecular formula is C9H15N3O. The Hall–Kier alpha value is -1.13. The van der Waals surface area contributed by atoms with Crippen molar-refractivity contribution in [3.05, 3.63) is 23.9 Å². The van der Waals surface area contributed by atoms with Gasteiger partial charge < -0.3 is 15.7 Å². The molecule has 72 valence electrons. The second-order valence-electron chi connectivity index (χ2n) is 2.87. The van der Waals surface area contributed by atoms with Crippen LogP contribution in [0.25, 0.3) is 0 Å². The molecule has 0 spiro atoms. The summed E-state index contributed by atoms with van der Waals surface area (Å²) < 4.78 is 0. The Bertz CT molecular complexity index is 265. The number of likely N-dealkylation sites (N-methyl/N-ethyl adjacent to an activating group) is 1. The minimum atomic E-state index is 0.130. The van der Waals surface area contributed by atoms with Crippen LogP contribution >= 0.6 is 0 Å². The maximum atomic E-state index is 8.73. The van der Waals surface area contributed by atoms with Gasteiger partial charge in [-0.3, -0.25) is 0 Å². The van der Waals surface area contributed by atoms with Gasteiger partial charge in [-0.15, -0.1) is 0 Å². The highest BCUT2D eigenvalue weighted by Gasteiger charge is 2.01. The van der Waals surface area contributed by atoms with Crippen LogP contribution in [0.1, 0.15) is 5.56 Å². The smallest absolute Gasteiger partial charge is 0.128 e. The van der Waals surface area contributed by atoms with Crippen LogP contribution in [0.5, 0.6) is 0 Å². The Morgan fingerprint density at radius 3 is 3.00 bits per heavy atom. The Morgan fingerprint density at radius 1 is 1.62 bits per heavy atom. The van der Waals surface area contributed by atoms with Crippen molar-refractivity contribution in [1.29, 1.82) is 0 Å². The molecule has 0 saturated heterocycles. The lowest BCUT2D eigenvalue weighted by molar-refractivity contribution is 0.304. The van der Waals surface area contributed by atoms with Gasteiger partial charge in [0.1, 0.15) is 5.82 Å². The molecule has 0 aromatic carbocycles. The highest BCUT2D eigenvalue weighted by molar-refractivity contribution is 5.39. The van der Waals surface area contributed by atoms with Crippen molar-refractivity contribution in [2.24, 2.45) is 5.73 Å². The van der Waals surface area contributed by atoms with Gasteiger partial charge in [0.05, 0.1) is 6.61 Å². The number of aromatic nitrogens is 1. The average Bonchev–Trinajstić information content (AvgIpc) is 2.18. The van der Waals surface area contributed by atoms with Crippen LogP contribution in [-0.4, -0.2) is 30.3 Å². The second-order valence-corrected chi connectivity index (χ2v) is 2.87. The minimum absolute atomic E-state index is 0.130. The van der Waals surface area contributed by atoms with E-state index in [1.165, 1.54) is 0 Å². The number of nitrogens with zero attached hydrogens (tertiary/aromatic N) is 2. The Labute approximate surface area is 78.0 Å². The summed E-state index contributed by atoms with van der Waals surface area (Å²) in [5.41, 5.74) is 6.55. The van der Waals surface area contributed by atoms with Gasteiger partial charge in [0.15, 0.2) is 0 Å². The molecular weight excluding hydrogens is 166 g/mol. The molecule has 1 rings (SSSR count). The fourth-order valence-corrected chi connectivity index (χ4v) is 1.06. The first kappa shape index (κ1) is 9.95. The minimum Gasteiger partial charge on any atom is -0.395 e. The summed E-state index contributed by atoms with van der Waals surface area (Å²) in [5.74, 6) is 0.844. The molecule has 0 aliphatic rings. The molecule has 0 aliphatic heterocycles. The Balaban J connectivity index is 2.75. The van der Waals surface area contributed by atoms with Gasteiger partial charge in [-0.2, -0.15) is 0 Å². The monoisotopic (exact) mass is 181 g/mol. The lowest BCUT2D eigenvalue weighted by Gasteiger charge is -2.16. The zero-order valence-electron chi connectivity index (χ0n) is 7.77. The number of aliphatic hydroxyl groups is 1. The SMILES string of the molecule is CN(CCO)c1cc(CN)ccn1. The maximum absolute atomic E-state index is 8.73. The first-order valence-electron chi connectivity index (χ1n) is 4.25. The van der Waals surface area contributed by atoms with E-state index in [-0.39, 0.29) is 6.61 Å². The number of pyridine rings is 1. The molecule has 4 nitrogen and oxygen atoms in total. The van der Waals surface area contributed by atoms with Gasteiger partial charge in [0, 0.05) is 26.3 Å². The Morgan fingerprint density at radius 2 is 2.38 bits per heavy atom. The summed E-state index contributed by atoms with van der Waals surface area (Å²) in [5, 5.41) is 8.73. The summed E-state index contributed by atoms with van der Waals surface area (Å²) in [6.07, 6.45) is 1.73. The van der Waals surface area contributed by atoms with Crippen LogP contribution in [0.2, 0.25) is 0 Å². The topological polar surface area (TPSA) is 62.4 Å². The van der Waals surface area contributed by atoms with E-state index in [9.17, 15) is 0 Å². The van der Waals surface area contributed by atoms with Gasteiger partial charge in [-0.05, 0) is 17.7 Å². The maximum Gasteiger partial charge on any atom is 0.128 e. The fraction of sp³-hybridized carbons (Fsp3) is 0.444. The average molecular weight is 181 g/mol. The van der Waals surface area contributed by atoms with E-state index in [4.69, 9.17) is 10.8 Å². The van der Waals surface area contributed by atoms with Crippen molar-refractivity contribution in [2.75, 3.05) is 25.1 Å². The number of nitrogens with two attached hydrogens (primary N) is 1. The summed E-state index contributed by atoms with van der Waals surface area (Å²) >= 11 is 0. The van der Waals surface area contributed by atoms with E-state index in [2.05, 4.69) is 4.98 Å². The van der Waals surface area contributed by atoms with Crippen molar-refractivity contribution in [3.63, 3.8) is 0 Å². The van der Waals surface area contributed by atoms with Gasteiger partial charge in [-0.1, -0.05) is 0 Å². The largest absolute Gasteiger partial charge is 0.395 e. The van der Waals surface area contributed by atoms with Gasteiger partial charge in [-0.25, -0.2) is 4.98 Å². The zero-order valence-corrected chi connectivity index (χ0v) is 7.77. The summed E-state index contributed by atoms with van der Waals surface area (Å²) in [6, 6.07) is 3.81. The standard InChI is InChI=1S/C9H15N3O/c1-12(4-5-13)9-6-8(7-10)2-3-11-9/h2-3,6,13H,4-5,7,10H2,1H3. The van der Waals surface area contributed by atoms with Crippen LogP contribution in [0.3, 0.4) is 0 Å². The van der Waals surface area contributed by atoms with Crippen LogP contribution < -0.4 is 10.6 Å². The molecule has 0 saturated carbocycles. The van der Waals surface area contributed by atoms with Crippen LogP contribution in [0.4, 0.5) is 5.82 Å². The molecule has 13 heavy (non-hydrogen) atoms. The van der Waals surface area contributed by atoms with E-state index >= 15 is 0 Å². The number of rotatable bonds is 4. The number of hydrogen-bond acceptors (Lipinski definition) is 4. The van der Waals surface area contributed by atoms with Crippen molar-refractivity contribution in [3.8, 4) is 0 Å². The fourth-order valence-electron chi connectivity index (χ4n) is 1.06. The highest BCUT2D eigenvalue weighted by atomic mass is 16.3. The summed E-state index contributed by atoms with van der Waals surface area (Å²) in [4.78, 5) is 6.05. The lowest BCUT2D eigenvalue weighted by atomic mass is 10.2. The number of hydrogen-bond donors (Lipinski definition) is 2. The summed E-state index contributed by atoms with van der Waals surface area (Å²) in [6.45, 7) is 1.23. The van der Waals surface area contributed by atoms with Crippen molar-refractivity contribution >= 4 is 5.82 Å². The van der Waals surface area contributed by atoms with Crippen LogP contribution in [0.15, 0.2) is 18.3 Å². The van der Waals surface area contributed by atoms with Crippen LogP contribution in [-0.2, 0) is 6.54 Å².